The fraction of sp³-hybridized carbons (Fsp3) is 0.240. The molecule has 10 nitrogen and oxygen atoms in total. The number of alkyl halides is 3. The Labute approximate surface area is 222 Å². The Morgan fingerprint density at radius 3 is 2.54 bits per heavy atom. The fourth-order valence-corrected chi connectivity index (χ4v) is 5.39. The Hall–Kier alpha value is -4.46. The number of halogens is 3. The summed E-state index contributed by atoms with van der Waals surface area (Å²) in [5, 5.41) is 11.2. The van der Waals surface area contributed by atoms with Crippen LogP contribution in [0.4, 0.5) is 18.3 Å². The number of H-pyrrole nitrogens is 1. The summed E-state index contributed by atoms with van der Waals surface area (Å²) in [5.74, 6) is 0.0325. The van der Waals surface area contributed by atoms with Gasteiger partial charge in [0.1, 0.15) is 5.52 Å². The minimum Gasteiger partial charge on any atom is -0.345 e. The van der Waals surface area contributed by atoms with Crippen molar-refractivity contribution in [1.82, 2.24) is 34.3 Å². The van der Waals surface area contributed by atoms with Crippen molar-refractivity contribution in [1.29, 1.82) is 0 Å². The van der Waals surface area contributed by atoms with Crippen LogP contribution in [0, 0.1) is 6.92 Å². The van der Waals surface area contributed by atoms with Gasteiger partial charge in [0.2, 0.25) is 5.95 Å². The molecule has 39 heavy (non-hydrogen) atoms. The number of nitrogens with one attached hydrogen (secondary N) is 1. The molecule has 1 fully saturated rings. The quantitative estimate of drug-likeness (QED) is 0.364. The van der Waals surface area contributed by atoms with E-state index in [-0.39, 0.29) is 17.4 Å². The summed E-state index contributed by atoms with van der Waals surface area (Å²) in [6.45, 7) is 3.77. The molecule has 0 saturated carbocycles. The second kappa shape index (κ2) is 9.38. The predicted molar refractivity (Wildman–Crippen MR) is 138 cm³/mol. The lowest BCUT2D eigenvalue weighted by Crippen LogP contribution is -2.48. The van der Waals surface area contributed by atoms with Gasteiger partial charge in [0.25, 0.3) is 11.5 Å². The molecule has 1 aliphatic rings. The number of rotatable bonds is 4. The van der Waals surface area contributed by atoms with Crippen LogP contribution >= 0.6 is 11.3 Å². The maximum Gasteiger partial charge on any atom is 0.416 e. The zero-order chi connectivity index (χ0) is 27.3. The third-order valence-electron chi connectivity index (χ3n) is 6.67. The zero-order valence-electron chi connectivity index (χ0n) is 20.5. The highest BCUT2D eigenvalue weighted by Crippen LogP contribution is 2.32. The van der Waals surface area contributed by atoms with Crippen LogP contribution in [0.3, 0.4) is 0 Å². The van der Waals surface area contributed by atoms with E-state index >= 15 is 0 Å². The van der Waals surface area contributed by atoms with Crippen LogP contribution in [-0.4, -0.2) is 66.3 Å². The van der Waals surface area contributed by atoms with Crippen molar-refractivity contribution < 1.29 is 18.0 Å². The third-order valence-corrected chi connectivity index (χ3v) is 7.57. The molecule has 0 spiro atoms. The molecule has 1 N–H and O–H groups in total. The van der Waals surface area contributed by atoms with Crippen molar-refractivity contribution in [2.45, 2.75) is 13.1 Å². The monoisotopic (exact) mass is 554 g/mol. The van der Waals surface area contributed by atoms with Crippen molar-refractivity contribution in [3.05, 3.63) is 81.3 Å². The predicted octanol–water partition coefficient (Wildman–Crippen LogP) is 3.62. The normalized spacial score (nSPS) is 14.4. The molecule has 0 unspecified atom stereocenters. The third kappa shape index (κ3) is 4.56. The van der Waals surface area contributed by atoms with Crippen molar-refractivity contribution in [2.24, 2.45) is 0 Å². The van der Waals surface area contributed by atoms with Crippen LogP contribution in [0.5, 0.6) is 0 Å². The summed E-state index contributed by atoms with van der Waals surface area (Å²) in [6.07, 6.45) is -1.25. The van der Waals surface area contributed by atoms with Crippen LogP contribution in [0.1, 0.15) is 21.6 Å². The molecule has 5 aromatic rings. The first-order chi connectivity index (χ1) is 18.7. The molecule has 1 aromatic carbocycles. The van der Waals surface area contributed by atoms with E-state index in [2.05, 4.69) is 25.1 Å². The zero-order valence-corrected chi connectivity index (χ0v) is 21.3. The Kier molecular flexibility index (Phi) is 5.98. The van der Waals surface area contributed by atoms with Gasteiger partial charge < -0.3 is 9.80 Å². The van der Waals surface area contributed by atoms with Gasteiger partial charge in [-0.2, -0.15) is 18.3 Å². The number of carbonyl (C=O) groups excluding carboxylic acids is 1. The highest BCUT2D eigenvalue weighted by atomic mass is 32.1. The van der Waals surface area contributed by atoms with E-state index in [0.717, 1.165) is 17.3 Å². The number of hydrogen-bond donors (Lipinski definition) is 1. The van der Waals surface area contributed by atoms with Gasteiger partial charge in [-0.05, 0) is 31.2 Å². The largest absolute Gasteiger partial charge is 0.416 e. The van der Waals surface area contributed by atoms with Gasteiger partial charge in [-0.1, -0.05) is 12.1 Å². The standard InChI is InChI=1S/C25H21F3N8O2S/c1-15-18(13-29-36(15)23-31-21(37)20-3-2-8-35(20)32-23)22(38)33-9-11-34(12-10-33)24-30-19(14-39-24)16-4-6-17(7-5-16)25(26,27)28/h2-8,13-14H,9-12H2,1H3,(H,31,32,37). The summed E-state index contributed by atoms with van der Waals surface area (Å²) in [4.78, 5) is 36.7. The van der Waals surface area contributed by atoms with E-state index in [1.165, 1.54) is 38.9 Å². The van der Waals surface area contributed by atoms with Gasteiger partial charge in [-0.25, -0.2) is 14.2 Å². The molecule has 1 saturated heterocycles. The van der Waals surface area contributed by atoms with E-state index in [9.17, 15) is 22.8 Å². The van der Waals surface area contributed by atoms with Gasteiger partial charge in [0.15, 0.2) is 5.13 Å². The van der Waals surface area contributed by atoms with E-state index in [0.29, 0.717) is 54.2 Å². The summed E-state index contributed by atoms with van der Waals surface area (Å²) in [7, 11) is 0. The molecule has 1 amide bonds. The van der Waals surface area contributed by atoms with Crippen LogP contribution in [0.15, 0.2) is 59.0 Å². The SMILES string of the molecule is Cc1c(C(=O)N2CCN(c3nc(-c4ccc(C(F)(F)F)cc4)cs3)CC2)cnn1-c1nn2cccc2c(=O)[nH]1. The molecule has 5 heterocycles. The molecule has 1 aliphatic heterocycles. The number of carbonyl (C=O) groups is 1. The maximum atomic E-state index is 13.3. The van der Waals surface area contributed by atoms with Crippen molar-refractivity contribution in [3.63, 3.8) is 0 Å². The van der Waals surface area contributed by atoms with E-state index in [4.69, 9.17) is 0 Å². The second-order valence-electron chi connectivity index (χ2n) is 9.04. The lowest BCUT2D eigenvalue weighted by Gasteiger charge is -2.34. The van der Waals surface area contributed by atoms with Gasteiger partial charge >= 0.3 is 6.18 Å². The number of aromatic nitrogens is 6. The van der Waals surface area contributed by atoms with Crippen molar-refractivity contribution in [3.8, 4) is 17.2 Å². The number of hydrogen-bond acceptors (Lipinski definition) is 7. The first-order valence-electron chi connectivity index (χ1n) is 12.0. The molecule has 0 bridgehead atoms. The Balaban J connectivity index is 1.13. The number of amides is 1. The first-order valence-corrected chi connectivity index (χ1v) is 12.9. The lowest BCUT2D eigenvalue weighted by molar-refractivity contribution is -0.137. The number of fused-ring (bicyclic) bond motifs is 1. The Bertz CT molecular complexity index is 1730. The number of thiazole rings is 1. The summed E-state index contributed by atoms with van der Waals surface area (Å²) in [5.41, 5.74) is 1.58. The second-order valence-corrected chi connectivity index (χ2v) is 9.88. The smallest absolute Gasteiger partial charge is 0.345 e. The average molecular weight is 555 g/mol. The number of piperazine rings is 1. The van der Waals surface area contributed by atoms with Crippen LogP contribution in [-0.2, 0) is 6.18 Å². The summed E-state index contributed by atoms with van der Waals surface area (Å²) >= 11 is 1.41. The van der Waals surface area contributed by atoms with Crippen LogP contribution in [0.2, 0.25) is 0 Å². The van der Waals surface area contributed by atoms with Gasteiger partial charge in [-0.3, -0.25) is 14.6 Å². The van der Waals surface area contributed by atoms with E-state index < -0.39 is 11.7 Å². The molecule has 4 aromatic heterocycles. The van der Waals surface area contributed by atoms with Gasteiger partial charge in [0.05, 0.1) is 28.7 Å². The topological polar surface area (TPSA) is 104 Å². The molecule has 6 rings (SSSR count). The number of anilines is 1. The van der Waals surface area contributed by atoms with E-state index in [1.54, 1.807) is 30.2 Å². The molecule has 200 valence electrons. The van der Waals surface area contributed by atoms with Crippen molar-refractivity contribution in [2.75, 3.05) is 31.1 Å². The molecular formula is C25H21F3N8O2S. The average Bonchev–Trinajstić information content (AvgIpc) is 3.68. The molecule has 0 radical (unpaired) electrons. The van der Waals surface area contributed by atoms with Crippen molar-refractivity contribution >= 4 is 27.9 Å². The first kappa shape index (κ1) is 24.9. The summed E-state index contributed by atoms with van der Waals surface area (Å²) in [6, 6.07) is 8.31. The number of benzene rings is 1. The minimum atomic E-state index is -4.38. The molecule has 0 aliphatic carbocycles. The molecule has 14 heteroatoms. The van der Waals surface area contributed by atoms with Crippen LogP contribution < -0.4 is 10.5 Å². The summed E-state index contributed by atoms with van der Waals surface area (Å²) < 4.78 is 41.4. The highest BCUT2D eigenvalue weighted by Gasteiger charge is 2.30. The maximum absolute atomic E-state index is 13.3. The van der Waals surface area contributed by atoms with Crippen LogP contribution in [0.25, 0.3) is 22.7 Å². The van der Waals surface area contributed by atoms with Gasteiger partial charge in [0, 0.05) is 43.3 Å². The fourth-order valence-electron chi connectivity index (χ4n) is 4.50. The number of nitrogens with zero attached hydrogens (tertiary/aromatic N) is 7. The lowest BCUT2D eigenvalue weighted by atomic mass is 10.1. The highest BCUT2D eigenvalue weighted by molar-refractivity contribution is 7.14. The van der Waals surface area contributed by atoms with E-state index in [1.807, 2.05) is 5.38 Å². The van der Waals surface area contributed by atoms with Gasteiger partial charge in [-0.15, -0.1) is 16.4 Å². The Morgan fingerprint density at radius 1 is 1.08 bits per heavy atom. The Morgan fingerprint density at radius 2 is 1.82 bits per heavy atom. The number of aromatic amines is 1. The molecule has 0 atom stereocenters. The minimum absolute atomic E-state index is 0.174. The molecular weight excluding hydrogens is 533 g/mol.